The van der Waals surface area contributed by atoms with Crippen LogP contribution in [0.3, 0.4) is 0 Å². The minimum absolute atomic E-state index is 0.119. The van der Waals surface area contributed by atoms with Gasteiger partial charge in [0.15, 0.2) is 5.65 Å². The SMILES string of the molecule is Cc1[nH]nc(-c2cc3c(cc2OC(F)F)NC2(COC2)CO3)c1NC(=O)c1cnn2cccnc12. The molecule has 0 radical (unpaired) electrons. The van der Waals surface area contributed by atoms with Gasteiger partial charge in [0.25, 0.3) is 5.91 Å². The number of nitrogens with zero attached hydrogens (tertiary/aromatic N) is 4. The summed E-state index contributed by atoms with van der Waals surface area (Å²) in [5.41, 5.74) is 2.00. The van der Waals surface area contributed by atoms with Gasteiger partial charge in [-0.1, -0.05) is 0 Å². The Morgan fingerprint density at radius 2 is 2.17 bits per heavy atom. The van der Waals surface area contributed by atoms with Crippen molar-refractivity contribution in [3.8, 4) is 22.8 Å². The maximum Gasteiger partial charge on any atom is 0.387 e. The third kappa shape index (κ3) is 3.60. The first-order valence-electron chi connectivity index (χ1n) is 10.7. The van der Waals surface area contributed by atoms with Crippen LogP contribution in [-0.2, 0) is 4.74 Å². The van der Waals surface area contributed by atoms with Gasteiger partial charge >= 0.3 is 6.61 Å². The van der Waals surface area contributed by atoms with Gasteiger partial charge in [0.2, 0.25) is 0 Å². The summed E-state index contributed by atoms with van der Waals surface area (Å²) in [6, 6.07) is 4.70. The van der Waals surface area contributed by atoms with Gasteiger partial charge in [-0.2, -0.15) is 19.0 Å². The molecule has 4 aromatic rings. The summed E-state index contributed by atoms with van der Waals surface area (Å²) >= 11 is 0. The van der Waals surface area contributed by atoms with Gasteiger partial charge in [0.1, 0.15) is 34.9 Å². The molecule has 35 heavy (non-hydrogen) atoms. The minimum atomic E-state index is -3.07. The molecule has 1 spiro atoms. The Balaban J connectivity index is 1.39. The standard InChI is InChI=1S/C22H19F2N7O4/c1-11-17(27-20(32)13-7-26-31-4-2-3-25-19(13)31)18(30-29-11)12-5-16-14(6-15(12)35-21(23)24)28-22(10-34-16)8-33-9-22/h2-7,21,28H,8-10H2,1H3,(H,27,32)(H,29,30). The molecular weight excluding hydrogens is 464 g/mol. The normalized spacial score (nSPS) is 15.9. The molecule has 1 fully saturated rings. The molecule has 2 aliphatic heterocycles. The molecule has 180 valence electrons. The maximum absolute atomic E-state index is 13.3. The van der Waals surface area contributed by atoms with Crippen LogP contribution in [0.2, 0.25) is 0 Å². The highest BCUT2D eigenvalue weighted by Gasteiger charge is 2.43. The second-order valence-corrected chi connectivity index (χ2v) is 8.38. The molecule has 1 aromatic carbocycles. The number of amides is 1. The number of alkyl halides is 2. The fourth-order valence-electron chi connectivity index (χ4n) is 4.14. The van der Waals surface area contributed by atoms with Crippen LogP contribution < -0.4 is 20.1 Å². The Hall–Kier alpha value is -4.26. The number of anilines is 2. The number of aromatic nitrogens is 5. The smallest absolute Gasteiger partial charge is 0.387 e. The van der Waals surface area contributed by atoms with Crippen LogP contribution in [0.1, 0.15) is 16.1 Å². The van der Waals surface area contributed by atoms with Crippen molar-refractivity contribution in [3.05, 3.63) is 48.0 Å². The molecule has 0 aliphatic carbocycles. The number of nitrogens with one attached hydrogen (secondary N) is 3. The summed E-state index contributed by atoms with van der Waals surface area (Å²) in [7, 11) is 0. The van der Waals surface area contributed by atoms with Crippen molar-refractivity contribution in [1.82, 2.24) is 24.8 Å². The number of benzene rings is 1. The predicted octanol–water partition coefficient (Wildman–Crippen LogP) is 2.85. The number of H-pyrrole nitrogens is 1. The van der Waals surface area contributed by atoms with E-state index in [1.807, 2.05) is 0 Å². The first kappa shape index (κ1) is 21.3. The van der Waals surface area contributed by atoms with Gasteiger partial charge in [-0.3, -0.25) is 9.89 Å². The Morgan fingerprint density at radius 3 is 2.94 bits per heavy atom. The third-order valence-corrected chi connectivity index (χ3v) is 5.92. The van der Waals surface area contributed by atoms with E-state index in [9.17, 15) is 13.6 Å². The fraction of sp³-hybridized carbons (Fsp3) is 0.273. The number of carbonyl (C=O) groups is 1. The second kappa shape index (κ2) is 7.91. The Kier molecular flexibility index (Phi) is 4.81. The number of ether oxygens (including phenoxy) is 3. The van der Waals surface area contributed by atoms with Crippen molar-refractivity contribution in [2.24, 2.45) is 0 Å². The topological polar surface area (TPSA) is 128 Å². The summed E-state index contributed by atoms with van der Waals surface area (Å²) in [6.07, 6.45) is 4.62. The van der Waals surface area contributed by atoms with E-state index in [0.29, 0.717) is 48.3 Å². The fourth-order valence-corrected chi connectivity index (χ4v) is 4.14. The highest BCUT2D eigenvalue weighted by Crippen LogP contribution is 2.45. The van der Waals surface area contributed by atoms with Crippen LogP contribution in [0.5, 0.6) is 11.5 Å². The molecule has 6 rings (SSSR count). The minimum Gasteiger partial charge on any atom is -0.489 e. The zero-order valence-corrected chi connectivity index (χ0v) is 18.3. The number of hydrogen-bond donors (Lipinski definition) is 3. The predicted molar refractivity (Wildman–Crippen MR) is 119 cm³/mol. The number of aryl methyl sites for hydroxylation is 1. The summed E-state index contributed by atoms with van der Waals surface area (Å²) < 4.78 is 44.1. The molecule has 0 unspecified atom stereocenters. The molecule has 0 saturated carbocycles. The van der Waals surface area contributed by atoms with Crippen molar-refractivity contribution in [2.75, 3.05) is 30.5 Å². The lowest BCUT2D eigenvalue weighted by atomic mass is 9.95. The molecule has 5 heterocycles. The van der Waals surface area contributed by atoms with E-state index >= 15 is 0 Å². The van der Waals surface area contributed by atoms with Crippen LogP contribution in [-0.4, -0.2) is 62.7 Å². The Labute approximate surface area is 196 Å². The van der Waals surface area contributed by atoms with Crippen molar-refractivity contribution in [2.45, 2.75) is 19.1 Å². The van der Waals surface area contributed by atoms with Crippen LogP contribution in [0.15, 0.2) is 36.8 Å². The van der Waals surface area contributed by atoms with Crippen molar-refractivity contribution in [3.63, 3.8) is 0 Å². The molecule has 3 N–H and O–H groups in total. The monoisotopic (exact) mass is 483 g/mol. The van der Waals surface area contributed by atoms with Gasteiger partial charge < -0.3 is 24.8 Å². The molecule has 1 saturated heterocycles. The average molecular weight is 483 g/mol. The van der Waals surface area contributed by atoms with Gasteiger partial charge in [0, 0.05) is 18.5 Å². The van der Waals surface area contributed by atoms with Crippen LogP contribution in [0.25, 0.3) is 16.9 Å². The second-order valence-electron chi connectivity index (χ2n) is 8.38. The Bertz CT molecular complexity index is 1450. The summed E-state index contributed by atoms with van der Waals surface area (Å²) in [6.45, 7) is -0.108. The lowest BCUT2D eigenvalue weighted by Crippen LogP contribution is -2.61. The van der Waals surface area contributed by atoms with Crippen LogP contribution in [0.4, 0.5) is 20.2 Å². The van der Waals surface area contributed by atoms with E-state index in [1.165, 1.54) is 16.8 Å². The van der Waals surface area contributed by atoms with Crippen LogP contribution >= 0.6 is 0 Å². The van der Waals surface area contributed by atoms with Crippen LogP contribution in [0, 0.1) is 6.92 Å². The molecule has 0 atom stereocenters. The molecule has 0 bridgehead atoms. The summed E-state index contributed by atoms with van der Waals surface area (Å²) in [5, 5.41) is 17.3. The number of halogens is 2. The highest BCUT2D eigenvalue weighted by molar-refractivity contribution is 6.10. The third-order valence-electron chi connectivity index (χ3n) is 5.92. The number of carbonyl (C=O) groups excluding carboxylic acids is 1. The quantitative estimate of drug-likeness (QED) is 0.396. The zero-order valence-electron chi connectivity index (χ0n) is 18.3. The van der Waals surface area contributed by atoms with Crippen molar-refractivity contribution >= 4 is 22.9 Å². The van der Waals surface area contributed by atoms with Gasteiger partial charge in [-0.15, -0.1) is 0 Å². The van der Waals surface area contributed by atoms with E-state index < -0.39 is 12.5 Å². The highest BCUT2D eigenvalue weighted by atomic mass is 19.3. The Morgan fingerprint density at radius 1 is 1.31 bits per heavy atom. The number of fused-ring (bicyclic) bond motifs is 2. The molecule has 2 aliphatic rings. The van der Waals surface area contributed by atoms with Crippen molar-refractivity contribution in [1.29, 1.82) is 0 Å². The van der Waals surface area contributed by atoms with Gasteiger partial charge in [-0.05, 0) is 19.1 Å². The molecule has 13 heteroatoms. The number of aromatic amines is 1. The van der Waals surface area contributed by atoms with Gasteiger partial charge in [0.05, 0.1) is 42.0 Å². The lowest BCUT2D eigenvalue weighted by Gasteiger charge is -2.45. The summed E-state index contributed by atoms with van der Waals surface area (Å²) in [4.78, 5) is 17.3. The van der Waals surface area contributed by atoms with Crippen molar-refractivity contribution < 1.29 is 27.8 Å². The number of rotatable bonds is 5. The average Bonchev–Trinajstić information content (AvgIpc) is 3.41. The van der Waals surface area contributed by atoms with E-state index in [0.717, 1.165) is 0 Å². The lowest BCUT2D eigenvalue weighted by molar-refractivity contribution is -0.0647. The molecular formula is C22H19F2N7O4. The zero-order chi connectivity index (χ0) is 24.2. The number of hydrogen-bond acceptors (Lipinski definition) is 8. The molecule has 11 nitrogen and oxygen atoms in total. The first-order valence-corrected chi connectivity index (χ1v) is 10.7. The molecule has 3 aromatic heterocycles. The largest absolute Gasteiger partial charge is 0.489 e. The summed E-state index contributed by atoms with van der Waals surface area (Å²) in [5.74, 6) is -0.153. The van der Waals surface area contributed by atoms with E-state index in [-0.39, 0.29) is 28.1 Å². The van der Waals surface area contributed by atoms with E-state index in [2.05, 4.69) is 30.9 Å². The van der Waals surface area contributed by atoms with Gasteiger partial charge in [-0.25, -0.2) is 9.50 Å². The first-order chi connectivity index (χ1) is 16.9. The van der Waals surface area contributed by atoms with E-state index in [1.54, 1.807) is 31.5 Å². The van der Waals surface area contributed by atoms with E-state index in [4.69, 9.17) is 14.2 Å². The maximum atomic E-state index is 13.3. The molecule has 1 amide bonds.